The van der Waals surface area contributed by atoms with Crippen LogP contribution in [0, 0.1) is 0 Å². The summed E-state index contributed by atoms with van der Waals surface area (Å²) in [5.74, 6) is 0.817. The number of hydrogen-bond donors (Lipinski definition) is 1. The maximum absolute atomic E-state index is 12.7. The molecule has 9 heteroatoms. The van der Waals surface area contributed by atoms with Crippen molar-refractivity contribution in [3.8, 4) is 22.8 Å². The summed E-state index contributed by atoms with van der Waals surface area (Å²) in [5, 5.41) is 13.7. The monoisotopic (exact) mass is 473 g/mol. The Kier molecular flexibility index (Phi) is 7.56. The summed E-state index contributed by atoms with van der Waals surface area (Å²) in [7, 11) is 1.60. The van der Waals surface area contributed by atoms with Crippen LogP contribution in [0.2, 0.25) is 0 Å². The Hall–Kier alpha value is -4.11. The second-order valence-corrected chi connectivity index (χ2v) is 7.88. The van der Waals surface area contributed by atoms with E-state index in [0.717, 1.165) is 28.8 Å². The Bertz CT molecular complexity index is 1260. The molecule has 0 saturated carbocycles. The minimum atomic E-state index is -0.558. The molecular weight excluding hydrogens is 450 g/mol. The van der Waals surface area contributed by atoms with Gasteiger partial charge in [0.05, 0.1) is 19.4 Å². The smallest absolute Gasteiger partial charge is 0.365 e. The maximum Gasteiger partial charge on any atom is 0.365 e. The van der Waals surface area contributed by atoms with Crippen molar-refractivity contribution >= 4 is 28.5 Å². The number of benzene rings is 3. The van der Waals surface area contributed by atoms with Gasteiger partial charge in [-0.3, -0.25) is 9.99 Å². The van der Waals surface area contributed by atoms with E-state index in [1.165, 1.54) is 0 Å². The van der Waals surface area contributed by atoms with E-state index in [-0.39, 0.29) is 11.7 Å². The third kappa shape index (κ3) is 5.44. The van der Waals surface area contributed by atoms with Crippen molar-refractivity contribution in [3.63, 3.8) is 0 Å². The van der Waals surface area contributed by atoms with Crippen molar-refractivity contribution in [2.45, 2.75) is 12.1 Å². The number of hydrogen-bond acceptors (Lipinski definition) is 8. The Labute approximate surface area is 201 Å². The molecule has 172 valence electrons. The number of hydrazone groups is 1. The standard InChI is InChI=1S/C25H23N5O3S/c1-3-33-24(31)23(28-26-19-14-16-21(32-2)17-15-19)34-25-29-27-22(18-10-6-4-7-11-18)30(25)20-12-8-5-9-13-20/h4-17,26H,3H2,1-2H3/b28-23+. The second-order valence-electron chi connectivity index (χ2n) is 6.92. The summed E-state index contributed by atoms with van der Waals surface area (Å²) in [6.07, 6.45) is 0. The van der Waals surface area contributed by atoms with Gasteiger partial charge in [-0.2, -0.15) is 5.10 Å². The summed E-state index contributed by atoms with van der Waals surface area (Å²) in [5.41, 5.74) is 5.36. The fraction of sp³-hybridized carbons (Fsp3) is 0.120. The molecule has 1 heterocycles. The van der Waals surface area contributed by atoms with Crippen molar-refractivity contribution in [3.05, 3.63) is 84.9 Å². The van der Waals surface area contributed by atoms with Gasteiger partial charge in [0.15, 0.2) is 5.82 Å². The van der Waals surface area contributed by atoms with Gasteiger partial charge in [0, 0.05) is 11.3 Å². The van der Waals surface area contributed by atoms with Crippen molar-refractivity contribution < 1.29 is 14.3 Å². The first-order chi connectivity index (χ1) is 16.7. The molecule has 0 bridgehead atoms. The van der Waals surface area contributed by atoms with Crippen LogP contribution in [0.5, 0.6) is 5.75 Å². The average molecular weight is 474 g/mol. The number of anilines is 1. The van der Waals surface area contributed by atoms with E-state index in [0.29, 0.717) is 16.7 Å². The molecule has 1 N–H and O–H groups in total. The highest BCUT2D eigenvalue weighted by molar-refractivity contribution is 8.15. The molecule has 0 aliphatic rings. The van der Waals surface area contributed by atoms with Crippen LogP contribution in [-0.2, 0) is 9.53 Å². The van der Waals surface area contributed by atoms with E-state index in [2.05, 4.69) is 20.7 Å². The Balaban J connectivity index is 1.70. The molecule has 0 unspecified atom stereocenters. The van der Waals surface area contributed by atoms with E-state index in [1.54, 1.807) is 38.3 Å². The number of ether oxygens (including phenoxy) is 2. The number of nitrogens with zero attached hydrogens (tertiary/aromatic N) is 4. The lowest BCUT2D eigenvalue weighted by atomic mass is 10.2. The largest absolute Gasteiger partial charge is 0.497 e. The van der Waals surface area contributed by atoms with E-state index < -0.39 is 5.97 Å². The van der Waals surface area contributed by atoms with E-state index in [9.17, 15) is 4.79 Å². The van der Waals surface area contributed by atoms with Gasteiger partial charge in [-0.1, -0.05) is 48.5 Å². The molecule has 0 atom stereocenters. The summed E-state index contributed by atoms with van der Waals surface area (Å²) in [4.78, 5) is 12.7. The molecule has 4 aromatic rings. The number of esters is 1. The Morgan fingerprint density at radius 3 is 2.29 bits per heavy atom. The van der Waals surface area contributed by atoms with Gasteiger partial charge in [0.25, 0.3) is 0 Å². The normalized spacial score (nSPS) is 11.2. The number of carbonyl (C=O) groups is 1. The van der Waals surface area contributed by atoms with Crippen molar-refractivity contribution in [2.75, 3.05) is 19.1 Å². The lowest BCUT2D eigenvalue weighted by molar-refractivity contribution is -0.134. The third-order valence-electron chi connectivity index (χ3n) is 4.69. The molecule has 4 rings (SSSR count). The first kappa shape index (κ1) is 23.1. The number of methoxy groups -OCH3 is 1. The topological polar surface area (TPSA) is 90.6 Å². The van der Waals surface area contributed by atoms with Crippen LogP contribution >= 0.6 is 11.8 Å². The van der Waals surface area contributed by atoms with Gasteiger partial charge in [0.2, 0.25) is 10.2 Å². The molecule has 8 nitrogen and oxygen atoms in total. The number of carbonyl (C=O) groups excluding carboxylic acids is 1. The predicted molar refractivity (Wildman–Crippen MR) is 133 cm³/mol. The molecule has 34 heavy (non-hydrogen) atoms. The van der Waals surface area contributed by atoms with E-state index >= 15 is 0 Å². The maximum atomic E-state index is 12.7. The highest BCUT2D eigenvalue weighted by Gasteiger charge is 2.22. The van der Waals surface area contributed by atoms with Crippen LogP contribution in [-0.4, -0.2) is 39.5 Å². The van der Waals surface area contributed by atoms with Gasteiger partial charge in [-0.05, 0) is 55.1 Å². The molecule has 0 spiro atoms. The van der Waals surface area contributed by atoms with Crippen LogP contribution in [0.3, 0.4) is 0 Å². The molecule has 3 aromatic carbocycles. The molecule has 0 radical (unpaired) electrons. The van der Waals surface area contributed by atoms with Gasteiger partial charge < -0.3 is 9.47 Å². The fourth-order valence-electron chi connectivity index (χ4n) is 3.09. The Morgan fingerprint density at radius 1 is 0.971 bits per heavy atom. The first-order valence-electron chi connectivity index (χ1n) is 10.6. The van der Waals surface area contributed by atoms with Crippen molar-refractivity contribution in [2.24, 2.45) is 5.10 Å². The number of nitrogens with one attached hydrogen (secondary N) is 1. The second kappa shape index (κ2) is 11.2. The lowest BCUT2D eigenvalue weighted by Crippen LogP contribution is -2.17. The van der Waals surface area contributed by atoms with Crippen molar-refractivity contribution in [1.82, 2.24) is 14.8 Å². The quantitative estimate of drug-likeness (QED) is 0.132. The summed E-state index contributed by atoms with van der Waals surface area (Å²) >= 11 is 1.08. The molecule has 0 saturated heterocycles. The zero-order valence-corrected chi connectivity index (χ0v) is 19.5. The van der Waals surface area contributed by atoms with E-state index in [1.807, 2.05) is 65.2 Å². The minimum Gasteiger partial charge on any atom is -0.497 e. The van der Waals surface area contributed by atoms with Crippen LogP contribution in [0.25, 0.3) is 17.1 Å². The molecule has 0 amide bonds. The average Bonchev–Trinajstić information content (AvgIpc) is 3.31. The number of rotatable bonds is 7. The zero-order chi connectivity index (χ0) is 23.8. The summed E-state index contributed by atoms with van der Waals surface area (Å²) < 4.78 is 12.3. The molecule has 0 aliphatic heterocycles. The summed E-state index contributed by atoms with van der Waals surface area (Å²) in [6.45, 7) is 1.97. The SMILES string of the molecule is CCOC(=O)/C(=N\Nc1ccc(OC)cc1)Sc1nnc(-c2ccccc2)n1-c1ccccc1. The molecule has 0 fully saturated rings. The third-order valence-corrected chi connectivity index (χ3v) is 5.59. The lowest BCUT2D eigenvalue weighted by Gasteiger charge is -2.11. The van der Waals surface area contributed by atoms with E-state index in [4.69, 9.17) is 9.47 Å². The van der Waals surface area contributed by atoms with Crippen molar-refractivity contribution in [1.29, 1.82) is 0 Å². The van der Waals surface area contributed by atoms with Crippen LogP contribution in [0.15, 0.2) is 95.2 Å². The van der Waals surface area contributed by atoms with Gasteiger partial charge in [-0.25, -0.2) is 4.79 Å². The fourth-order valence-corrected chi connectivity index (χ4v) is 3.86. The van der Waals surface area contributed by atoms with Gasteiger partial charge in [-0.15, -0.1) is 10.2 Å². The van der Waals surface area contributed by atoms with Crippen LogP contribution < -0.4 is 10.2 Å². The zero-order valence-electron chi connectivity index (χ0n) is 18.7. The predicted octanol–water partition coefficient (Wildman–Crippen LogP) is 5.02. The van der Waals surface area contributed by atoms with Crippen LogP contribution in [0.1, 0.15) is 6.92 Å². The number of thioether (sulfide) groups is 1. The summed E-state index contributed by atoms with van der Waals surface area (Å²) in [6, 6.07) is 26.7. The van der Waals surface area contributed by atoms with Gasteiger partial charge in [0.1, 0.15) is 5.75 Å². The molecule has 0 aliphatic carbocycles. The minimum absolute atomic E-state index is 0.0989. The number of aromatic nitrogens is 3. The molecule has 1 aromatic heterocycles. The Morgan fingerprint density at radius 2 is 1.65 bits per heavy atom. The van der Waals surface area contributed by atoms with Gasteiger partial charge >= 0.3 is 5.97 Å². The first-order valence-corrected chi connectivity index (χ1v) is 11.4. The number of para-hydroxylation sites is 1. The highest BCUT2D eigenvalue weighted by atomic mass is 32.2. The molecular formula is C25H23N5O3S. The highest BCUT2D eigenvalue weighted by Crippen LogP contribution is 2.29. The van der Waals surface area contributed by atoms with Crippen LogP contribution in [0.4, 0.5) is 5.69 Å².